The number of hydrogen-bond acceptors (Lipinski definition) is 8. The molecular weight excluding hydrogens is 581 g/mol. The van der Waals surface area contributed by atoms with E-state index >= 15 is 4.39 Å². The lowest BCUT2D eigenvalue weighted by Crippen LogP contribution is -2.45. The number of sulfonamides is 1. The maximum Gasteiger partial charge on any atom is 0.220 e. The van der Waals surface area contributed by atoms with Gasteiger partial charge in [-0.3, -0.25) is 0 Å². The molecule has 0 aliphatic heterocycles. The first-order valence-electron chi connectivity index (χ1n) is 11.6. The first-order chi connectivity index (χ1) is 18.0. The third-order valence-corrected chi connectivity index (χ3v) is 9.03. The Morgan fingerprint density at radius 2 is 1.34 bits per heavy atom. The largest absolute Gasteiger partial charge is 0.497 e. The van der Waals surface area contributed by atoms with Crippen molar-refractivity contribution in [3.05, 3.63) is 70.2 Å². The van der Waals surface area contributed by atoms with E-state index in [9.17, 15) is 8.42 Å². The van der Waals surface area contributed by atoms with Crippen molar-refractivity contribution in [2.24, 2.45) is 0 Å². The fourth-order valence-electron chi connectivity index (χ4n) is 3.83. The van der Waals surface area contributed by atoms with Crippen molar-refractivity contribution in [1.29, 1.82) is 0 Å². The molecule has 0 fully saturated rings. The van der Waals surface area contributed by atoms with Gasteiger partial charge in [-0.25, -0.2) is 22.8 Å². The van der Waals surface area contributed by atoms with Crippen molar-refractivity contribution in [1.82, 2.24) is 14.3 Å². The Morgan fingerprint density at radius 3 is 1.74 bits per heavy atom. The highest BCUT2D eigenvalue weighted by atomic mass is 79.9. The summed E-state index contributed by atoms with van der Waals surface area (Å²) < 4.78 is 67.5. The van der Waals surface area contributed by atoms with Gasteiger partial charge in [0.1, 0.15) is 28.2 Å². The van der Waals surface area contributed by atoms with Crippen LogP contribution < -0.4 is 18.9 Å². The SMILES string of the molecule is COc1ccc(CN(Cc2ccc(OC)cc2OC)S(=O)(=O)[C@@H](C)[C@](C)(F)c2ncc(Br)cn2)c(OC)c1. The summed E-state index contributed by atoms with van der Waals surface area (Å²) in [5.74, 6) is 1.72. The van der Waals surface area contributed by atoms with Gasteiger partial charge >= 0.3 is 0 Å². The van der Waals surface area contributed by atoms with Gasteiger partial charge in [0.25, 0.3) is 0 Å². The molecule has 2 atom stereocenters. The van der Waals surface area contributed by atoms with Gasteiger partial charge in [-0.2, -0.15) is 4.31 Å². The van der Waals surface area contributed by atoms with Crippen LogP contribution in [0.3, 0.4) is 0 Å². The van der Waals surface area contributed by atoms with Gasteiger partial charge in [0, 0.05) is 48.7 Å². The second kappa shape index (κ2) is 12.3. The summed E-state index contributed by atoms with van der Waals surface area (Å²) in [7, 11) is 1.71. The molecule has 0 unspecified atom stereocenters. The van der Waals surface area contributed by atoms with Gasteiger partial charge in [0.15, 0.2) is 11.5 Å². The summed E-state index contributed by atoms with van der Waals surface area (Å²) in [5, 5.41) is -1.54. The van der Waals surface area contributed by atoms with Gasteiger partial charge in [0.05, 0.1) is 32.9 Å². The van der Waals surface area contributed by atoms with E-state index in [4.69, 9.17) is 18.9 Å². The molecule has 0 N–H and O–H groups in total. The van der Waals surface area contributed by atoms with Crippen molar-refractivity contribution in [2.45, 2.75) is 37.9 Å². The average Bonchev–Trinajstić information content (AvgIpc) is 2.92. The molecule has 0 aliphatic rings. The zero-order chi connectivity index (χ0) is 28.1. The van der Waals surface area contributed by atoms with Crippen molar-refractivity contribution < 1.29 is 31.8 Å². The number of halogens is 2. The standard InChI is InChI=1S/C26H31BrFN3O6S/c1-17(26(2,28)25-29-13-20(27)14-30-25)38(32,33)31(15-18-7-9-21(34-3)11-23(18)36-5)16-19-8-10-22(35-4)12-24(19)37-6/h7-14,17H,15-16H2,1-6H3/t17-,26-/m0/s1. The topological polar surface area (TPSA) is 100 Å². The molecule has 9 nitrogen and oxygen atoms in total. The first kappa shape index (κ1) is 29.6. The highest BCUT2D eigenvalue weighted by Crippen LogP contribution is 2.36. The lowest BCUT2D eigenvalue weighted by molar-refractivity contribution is 0.169. The number of ether oxygens (including phenoxy) is 4. The van der Waals surface area contributed by atoms with E-state index in [1.807, 2.05) is 0 Å². The minimum absolute atomic E-state index is 0.105. The summed E-state index contributed by atoms with van der Waals surface area (Å²) >= 11 is 3.22. The van der Waals surface area contributed by atoms with Gasteiger partial charge in [0.2, 0.25) is 10.0 Å². The molecule has 0 radical (unpaired) electrons. The third kappa shape index (κ3) is 6.36. The van der Waals surface area contributed by atoms with Crippen LogP contribution in [0.15, 0.2) is 53.3 Å². The van der Waals surface area contributed by atoms with Crippen LogP contribution in [-0.2, 0) is 28.8 Å². The van der Waals surface area contributed by atoms with Gasteiger partial charge in [-0.05, 0) is 41.9 Å². The van der Waals surface area contributed by atoms with Crippen LogP contribution in [0.1, 0.15) is 30.8 Å². The Morgan fingerprint density at radius 1 is 0.895 bits per heavy atom. The van der Waals surface area contributed by atoms with E-state index in [2.05, 4.69) is 25.9 Å². The zero-order valence-corrected chi connectivity index (χ0v) is 24.5. The highest BCUT2D eigenvalue weighted by molar-refractivity contribution is 9.10. The third-order valence-electron chi connectivity index (χ3n) is 6.31. The molecule has 3 aromatic rings. The zero-order valence-electron chi connectivity index (χ0n) is 22.1. The fourth-order valence-corrected chi connectivity index (χ4v) is 5.79. The van der Waals surface area contributed by atoms with E-state index in [1.54, 1.807) is 36.4 Å². The van der Waals surface area contributed by atoms with E-state index in [0.717, 1.165) is 0 Å². The van der Waals surface area contributed by atoms with Crippen LogP contribution in [0.5, 0.6) is 23.0 Å². The minimum atomic E-state index is -4.30. The fraction of sp³-hybridized carbons (Fsp3) is 0.385. The molecule has 0 bridgehead atoms. The van der Waals surface area contributed by atoms with Crippen molar-refractivity contribution in [3.63, 3.8) is 0 Å². The normalized spacial score (nSPS) is 14.0. The smallest absolute Gasteiger partial charge is 0.220 e. The Labute approximate surface area is 231 Å². The monoisotopic (exact) mass is 611 g/mol. The maximum atomic E-state index is 16.1. The summed E-state index contributed by atoms with van der Waals surface area (Å²) in [5.41, 5.74) is -1.26. The number of alkyl halides is 1. The molecule has 0 amide bonds. The molecule has 0 saturated carbocycles. The van der Waals surface area contributed by atoms with E-state index in [1.165, 1.54) is 59.0 Å². The molecule has 2 aromatic carbocycles. The highest BCUT2D eigenvalue weighted by Gasteiger charge is 2.46. The molecule has 1 aromatic heterocycles. The maximum absolute atomic E-state index is 16.1. The van der Waals surface area contributed by atoms with Crippen molar-refractivity contribution in [3.8, 4) is 23.0 Å². The minimum Gasteiger partial charge on any atom is -0.497 e. The lowest BCUT2D eigenvalue weighted by Gasteiger charge is -2.32. The molecule has 12 heteroatoms. The van der Waals surface area contributed by atoms with Gasteiger partial charge < -0.3 is 18.9 Å². The molecule has 0 saturated heterocycles. The quantitative estimate of drug-likeness (QED) is 0.286. The van der Waals surface area contributed by atoms with Crippen LogP contribution >= 0.6 is 15.9 Å². The number of hydrogen-bond donors (Lipinski definition) is 0. The van der Waals surface area contributed by atoms with Crippen molar-refractivity contribution in [2.75, 3.05) is 28.4 Å². The summed E-state index contributed by atoms with van der Waals surface area (Å²) in [6.07, 6.45) is 2.75. The predicted octanol–water partition coefficient (Wildman–Crippen LogP) is 4.88. The second-order valence-electron chi connectivity index (χ2n) is 8.61. The number of methoxy groups -OCH3 is 4. The lowest BCUT2D eigenvalue weighted by atomic mass is 10.0. The molecule has 0 aliphatic carbocycles. The van der Waals surface area contributed by atoms with Crippen LogP contribution in [0.2, 0.25) is 0 Å². The Bertz CT molecular complexity index is 1300. The van der Waals surface area contributed by atoms with Crippen LogP contribution in [0.25, 0.3) is 0 Å². The van der Waals surface area contributed by atoms with Crippen LogP contribution in [0.4, 0.5) is 4.39 Å². The number of aromatic nitrogens is 2. The first-order valence-corrected chi connectivity index (χ1v) is 13.8. The Hall–Kier alpha value is -2.96. The molecule has 3 rings (SSSR count). The second-order valence-corrected chi connectivity index (χ2v) is 11.8. The average molecular weight is 613 g/mol. The Balaban J connectivity index is 2.08. The van der Waals surface area contributed by atoms with E-state index < -0.39 is 20.9 Å². The van der Waals surface area contributed by atoms with E-state index in [-0.39, 0.29) is 18.9 Å². The van der Waals surface area contributed by atoms with Gasteiger partial charge in [-0.1, -0.05) is 12.1 Å². The van der Waals surface area contributed by atoms with E-state index in [0.29, 0.717) is 38.6 Å². The number of benzene rings is 2. The van der Waals surface area contributed by atoms with Gasteiger partial charge in [-0.15, -0.1) is 0 Å². The number of rotatable bonds is 12. The summed E-state index contributed by atoms with van der Waals surface area (Å²) in [6, 6.07) is 10.1. The molecule has 1 heterocycles. The number of nitrogens with zero attached hydrogens (tertiary/aromatic N) is 3. The van der Waals surface area contributed by atoms with Crippen LogP contribution in [-0.4, -0.2) is 56.4 Å². The summed E-state index contributed by atoms with van der Waals surface area (Å²) in [4.78, 5) is 8.04. The molecular formula is C26H31BrFN3O6S. The molecule has 0 spiro atoms. The predicted molar refractivity (Wildman–Crippen MR) is 145 cm³/mol. The Kier molecular flexibility index (Phi) is 9.55. The summed E-state index contributed by atoms with van der Waals surface area (Å²) in [6.45, 7) is 2.27. The molecule has 38 heavy (non-hydrogen) atoms. The molecule has 206 valence electrons. The van der Waals surface area contributed by atoms with Crippen molar-refractivity contribution >= 4 is 26.0 Å². The van der Waals surface area contributed by atoms with Crippen LogP contribution in [0, 0.1) is 0 Å².